The van der Waals surface area contributed by atoms with Crippen molar-refractivity contribution < 1.29 is 57.3 Å². The van der Waals surface area contributed by atoms with Crippen molar-refractivity contribution in [2.24, 2.45) is 0 Å². The van der Waals surface area contributed by atoms with Gasteiger partial charge in [0.1, 0.15) is 35.7 Å². The van der Waals surface area contributed by atoms with Gasteiger partial charge in [0.25, 0.3) is 5.56 Å². The van der Waals surface area contributed by atoms with Crippen LogP contribution in [0.15, 0.2) is 95.8 Å². The monoisotopic (exact) mass is 1190 g/mol. The molecule has 0 bridgehead atoms. The van der Waals surface area contributed by atoms with E-state index in [2.05, 4.69) is 37.2 Å². The molecule has 6 aromatic rings. The highest BCUT2D eigenvalue weighted by Crippen LogP contribution is 2.47. The first-order valence-corrected chi connectivity index (χ1v) is 29.5. The maximum Gasteiger partial charge on any atom is 0.407 e. The van der Waals surface area contributed by atoms with E-state index in [-0.39, 0.29) is 57.2 Å². The molecule has 0 saturated heterocycles. The first-order valence-electron chi connectivity index (χ1n) is 29.5. The Balaban J connectivity index is 0.756. The topological polar surface area (TPSA) is 287 Å². The fourth-order valence-corrected chi connectivity index (χ4v) is 12.1. The SMILES string of the molecule is CC[C@@]1(O)COCc2c1cc1n(c2=O)Cc2c-1nc1cc(F)c(C)c3c1c2[C@@H](NC(=O)CNC(=O)[C@H](Cc1ccccc1)NC(=O)CNC(=O)CNC(=O)[C@H](CCCCNC(=O)OC(C)(C)C)NC(=O)OCC1c2ccccc2-c2ccccc21)CC3. The zero-order valence-corrected chi connectivity index (χ0v) is 49.3. The molecule has 7 amide bonds. The van der Waals surface area contributed by atoms with E-state index in [1.807, 2.05) is 55.5 Å². The van der Waals surface area contributed by atoms with E-state index in [1.165, 1.54) is 6.07 Å². The predicted octanol–water partition coefficient (Wildman–Crippen LogP) is 5.78. The van der Waals surface area contributed by atoms with Gasteiger partial charge in [-0.2, -0.15) is 0 Å². The molecule has 4 aliphatic rings. The van der Waals surface area contributed by atoms with Crippen LogP contribution in [0.3, 0.4) is 0 Å². The number of carbonyl (C=O) groups is 7. The molecule has 21 nitrogen and oxygen atoms in total. The summed E-state index contributed by atoms with van der Waals surface area (Å²) in [4.78, 5) is 113. The summed E-state index contributed by atoms with van der Waals surface area (Å²) in [6.07, 6.45) is 0.532. The number of benzene rings is 4. The minimum absolute atomic E-state index is 0.00600. The quantitative estimate of drug-likeness (QED) is 0.0397. The number of halogens is 1. The summed E-state index contributed by atoms with van der Waals surface area (Å²) in [6, 6.07) is 24.7. The van der Waals surface area contributed by atoms with E-state index in [0.29, 0.717) is 87.8 Å². The summed E-state index contributed by atoms with van der Waals surface area (Å²) in [6.45, 7) is 7.44. The van der Waals surface area contributed by atoms with E-state index < -0.39 is 96.5 Å². The number of hydrogen-bond donors (Lipinski definition) is 8. The van der Waals surface area contributed by atoms with Gasteiger partial charge in [0.2, 0.25) is 29.5 Å². The van der Waals surface area contributed by atoms with Gasteiger partial charge in [-0.15, -0.1) is 0 Å². The maximum atomic E-state index is 15.6. The average molecular weight is 1190 g/mol. The number of amides is 7. The third-order valence-corrected chi connectivity index (χ3v) is 16.5. The molecule has 456 valence electrons. The maximum absolute atomic E-state index is 15.6. The molecule has 2 aliphatic carbocycles. The third-order valence-electron chi connectivity index (χ3n) is 16.5. The van der Waals surface area contributed by atoms with Crippen LogP contribution in [0.2, 0.25) is 0 Å². The number of unbranched alkanes of at least 4 members (excludes halogenated alkanes) is 1. The second-order valence-electron chi connectivity index (χ2n) is 23.5. The Labute approximate surface area is 501 Å². The standard InChI is InChI=1S/C65H72FN9O12/c1-6-65(84)35-85-33-45-46(65)27-52-58-43(32-75(52)61(45)81)57-48(24-23-38-36(2)47(66)28-50(73-58)56(38)57)71-55(78)31-70-60(80)51(26-37-16-8-7-9-17-37)72-54(77)30-68-53(76)29-69-59(79)49(22-14-15-25-67-62(82)87-64(3,4)5)74-63(83)86-34-44-41-20-12-10-18-39(41)40-19-11-13-21-42(40)44/h7-13,16-21,27-28,44,48-49,51,84H,6,14-15,22-26,29-35H2,1-5H3,(H,67,82)(H,68,76)(H,69,79)(H,70,80)(H,71,78)(H,72,77)(H,74,83)/t48-,49-,51-,65+/m0/s1. The van der Waals surface area contributed by atoms with Gasteiger partial charge in [0, 0.05) is 41.5 Å². The lowest BCUT2D eigenvalue weighted by molar-refractivity contribution is -0.131. The molecule has 0 saturated carbocycles. The highest BCUT2D eigenvalue weighted by molar-refractivity contribution is 5.96. The first kappa shape index (κ1) is 61.1. The molecule has 22 heteroatoms. The zero-order chi connectivity index (χ0) is 61.7. The van der Waals surface area contributed by atoms with Crippen molar-refractivity contribution in [1.82, 2.24) is 46.8 Å². The van der Waals surface area contributed by atoms with Gasteiger partial charge in [0.15, 0.2) is 0 Å². The lowest BCUT2D eigenvalue weighted by Crippen LogP contribution is -2.53. The van der Waals surface area contributed by atoms with Crippen LogP contribution in [0.25, 0.3) is 33.4 Å². The van der Waals surface area contributed by atoms with Crippen LogP contribution in [0.5, 0.6) is 0 Å². The van der Waals surface area contributed by atoms with Crippen LogP contribution in [-0.2, 0) is 69.8 Å². The first-order chi connectivity index (χ1) is 41.7. The number of alkyl carbamates (subject to hydrolysis) is 2. The normalized spacial score (nSPS) is 16.8. The van der Waals surface area contributed by atoms with Crippen LogP contribution in [-0.4, -0.2) is 113 Å². The van der Waals surface area contributed by atoms with Gasteiger partial charge in [0.05, 0.1) is 62.3 Å². The molecule has 0 fully saturated rings. The van der Waals surface area contributed by atoms with Crippen molar-refractivity contribution in [3.05, 3.63) is 157 Å². The summed E-state index contributed by atoms with van der Waals surface area (Å²) in [7, 11) is 0. The molecule has 8 N–H and O–H groups in total. The molecule has 0 spiro atoms. The fourth-order valence-electron chi connectivity index (χ4n) is 12.1. The molecule has 4 heterocycles. The molecule has 0 unspecified atom stereocenters. The Morgan fingerprint density at radius 2 is 1.46 bits per heavy atom. The largest absolute Gasteiger partial charge is 0.449 e. The Morgan fingerprint density at radius 3 is 2.16 bits per heavy atom. The molecular weight excluding hydrogens is 1120 g/mol. The predicted molar refractivity (Wildman–Crippen MR) is 319 cm³/mol. The molecule has 0 radical (unpaired) electrons. The summed E-state index contributed by atoms with van der Waals surface area (Å²) in [5.74, 6) is -4.14. The van der Waals surface area contributed by atoms with Crippen LogP contribution < -0.4 is 42.8 Å². The Morgan fingerprint density at radius 1 is 0.793 bits per heavy atom. The van der Waals surface area contributed by atoms with Gasteiger partial charge < -0.3 is 61.1 Å². The van der Waals surface area contributed by atoms with Crippen LogP contribution in [0.4, 0.5) is 14.0 Å². The molecule has 10 rings (SSSR count). The highest BCUT2D eigenvalue weighted by Gasteiger charge is 2.40. The lowest BCUT2D eigenvalue weighted by atomic mass is 9.81. The van der Waals surface area contributed by atoms with Gasteiger partial charge in [-0.05, 0) is 122 Å². The number of pyridine rings is 2. The van der Waals surface area contributed by atoms with E-state index in [1.54, 1.807) is 68.7 Å². The van der Waals surface area contributed by atoms with Crippen molar-refractivity contribution in [2.75, 3.05) is 39.4 Å². The number of hydrogen-bond acceptors (Lipinski definition) is 13. The summed E-state index contributed by atoms with van der Waals surface area (Å²) >= 11 is 0. The Hall–Kier alpha value is -9.02. The Kier molecular flexibility index (Phi) is 18.2. The van der Waals surface area contributed by atoms with Crippen molar-refractivity contribution in [3.8, 4) is 22.5 Å². The van der Waals surface area contributed by atoms with E-state index in [9.17, 15) is 43.5 Å². The number of nitrogens with zero attached hydrogens (tertiary/aromatic N) is 2. The lowest BCUT2D eigenvalue weighted by Gasteiger charge is -2.33. The van der Waals surface area contributed by atoms with Gasteiger partial charge in [-0.3, -0.25) is 28.8 Å². The average Bonchev–Trinajstić information content (AvgIpc) is 1.67. The molecule has 2 aliphatic heterocycles. The summed E-state index contributed by atoms with van der Waals surface area (Å²) < 4.78 is 33.8. The van der Waals surface area contributed by atoms with Crippen LogP contribution in [0, 0.1) is 12.7 Å². The van der Waals surface area contributed by atoms with Gasteiger partial charge in [-0.25, -0.2) is 19.0 Å². The zero-order valence-electron chi connectivity index (χ0n) is 49.3. The molecule has 2 aromatic heterocycles. The van der Waals surface area contributed by atoms with Crippen molar-refractivity contribution >= 4 is 52.6 Å². The van der Waals surface area contributed by atoms with Crippen LogP contribution in [0.1, 0.15) is 122 Å². The number of carbonyl (C=O) groups excluding carboxylic acids is 7. The minimum Gasteiger partial charge on any atom is -0.449 e. The number of fused-ring (bicyclic) bond motifs is 8. The summed E-state index contributed by atoms with van der Waals surface area (Å²) in [5, 5.41) is 30.9. The van der Waals surface area contributed by atoms with Crippen LogP contribution >= 0.6 is 0 Å². The van der Waals surface area contributed by atoms with Gasteiger partial charge >= 0.3 is 12.2 Å². The minimum atomic E-state index is -1.40. The molecular formula is C65H72FN9O12. The summed E-state index contributed by atoms with van der Waals surface area (Å²) in [5.41, 5.74) is 6.98. The number of nitrogens with one attached hydrogen (secondary N) is 7. The molecule has 4 atom stereocenters. The smallest absolute Gasteiger partial charge is 0.407 e. The fraction of sp³-hybridized carbons (Fsp3) is 0.400. The second-order valence-corrected chi connectivity index (χ2v) is 23.5. The number of aryl methyl sites for hydroxylation is 1. The molecule has 4 aromatic carbocycles. The van der Waals surface area contributed by atoms with Crippen molar-refractivity contribution in [3.63, 3.8) is 0 Å². The number of rotatable bonds is 21. The second kappa shape index (κ2) is 25.9. The van der Waals surface area contributed by atoms with E-state index >= 15 is 4.39 Å². The Bertz CT molecular complexity index is 3710. The number of aliphatic hydroxyl groups is 1. The van der Waals surface area contributed by atoms with Gasteiger partial charge in [-0.1, -0.05) is 85.8 Å². The molecule has 87 heavy (non-hydrogen) atoms. The number of aromatic nitrogens is 2. The van der Waals surface area contributed by atoms with E-state index in [0.717, 1.165) is 27.8 Å². The van der Waals surface area contributed by atoms with E-state index in [4.69, 9.17) is 19.2 Å². The van der Waals surface area contributed by atoms with Crippen molar-refractivity contribution in [2.45, 2.75) is 128 Å². The highest BCUT2D eigenvalue weighted by atomic mass is 19.1. The number of ether oxygens (including phenoxy) is 3. The third kappa shape index (κ3) is 13.5. The van der Waals surface area contributed by atoms with Crippen molar-refractivity contribution in [1.29, 1.82) is 0 Å².